The molecule has 1 saturated heterocycles. The van der Waals surface area contributed by atoms with Gasteiger partial charge in [0.25, 0.3) is 5.91 Å². The van der Waals surface area contributed by atoms with Crippen LogP contribution in [0, 0.1) is 0 Å². The highest BCUT2D eigenvalue weighted by molar-refractivity contribution is 7.89. The number of furan rings is 1. The van der Waals surface area contributed by atoms with Crippen LogP contribution in [0.25, 0.3) is 22.4 Å². The number of rotatable bonds is 6. The Morgan fingerprint density at radius 2 is 1.83 bits per heavy atom. The quantitative estimate of drug-likeness (QED) is 0.373. The van der Waals surface area contributed by atoms with E-state index < -0.39 is 10.0 Å². The lowest BCUT2D eigenvalue weighted by molar-refractivity contribution is 0.102. The average Bonchev–Trinajstić information content (AvgIpc) is 3.42. The van der Waals surface area contributed by atoms with Gasteiger partial charge in [-0.15, -0.1) is 11.3 Å². The van der Waals surface area contributed by atoms with E-state index in [9.17, 15) is 13.2 Å². The van der Waals surface area contributed by atoms with Crippen molar-refractivity contribution >= 4 is 43.4 Å². The Labute approximate surface area is 207 Å². The highest BCUT2D eigenvalue weighted by atomic mass is 32.2. The molecular weight excluding hydrogens is 486 g/mol. The van der Waals surface area contributed by atoms with Crippen molar-refractivity contribution in [3.05, 3.63) is 59.5 Å². The van der Waals surface area contributed by atoms with Crippen molar-refractivity contribution in [2.24, 2.45) is 0 Å². The molecule has 0 radical (unpaired) electrons. The molecule has 4 aromatic rings. The average molecular weight is 512 g/mol. The maximum Gasteiger partial charge on any atom is 0.257 e. The van der Waals surface area contributed by atoms with Crippen molar-refractivity contribution in [2.45, 2.75) is 30.6 Å². The lowest BCUT2D eigenvalue weighted by atomic mass is 10.2. The summed E-state index contributed by atoms with van der Waals surface area (Å²) in [5, 5.41) is 5.89. The molecule has 1 aliphatic rings. The van der Waals surface area contributed by atoms with E-state index >= 15 is 0 Å². The van der Waals surface area contributed by atoms with E-state index in [0.29, 0.717) is 46.6 Å². The zero-order valence-electron chi connectivity index (χ0n) is 19.2. The first-order valence-corrected chi connectivity index (χ1v) is 13.7. The molecule has 1 aliphatic heterocycles. The largest absolute Gasteiger partial charge is 0.493 e. The number of para-hydroxylation sites is 1. The second kappa shape index (κ2) is 9.80. The maximum absolute atomic E-state index is 13.0. The molecule has 35 heavy (non-hydrogen) atoms. The topological polar surface area (TPSA) is 102 Å². The lowest BCUT2D eigenvalue weighted by Crippen LogP contribution is -2.31. The van der Waals surface area contributed by atoms with Crippen LogP contribution >= 0.6 is 11.3 Å². The zero-order valence-corrected chi connectivity index (χ0v) is 20.8. The normalized spacial score (nSPS) is 15.1. The minimum absolute atomic E-state index is 0.202. The second-order valence-corrected chi connectivity index (χ2v) is 11.1. The number of sulfonamides is 1. The standard InChI is InChI=1S/C25H25N3O5S2/c1-32-21-8-6-7-18-15-22(33-23(18)21)20-16-34-25(26-20)27-24(29)17-9-11-19(12-10-17)35(30,31)28-13-4-2-3-5-14-28/h6-12,15-16H,2-5,13-14H2,1H3,(H,26,27,29). The van der Waals surface area contributed by atoms with Crippen molar-refractivity contribution < 1.29 is 22.4 Å². The predicted octanol–water partition coefficient (Wildman–Crippen LogP) is 5.38. The SMILES string of the molecule is COc1cccc2cc(-c3csc(NC(=O)c4ccc(S(=O)(=O)N5CCCCCC5)cc4)n3)oc12. The number of nitrogens with zero attached hydrogens (tertiary/aromatic N) is 2. The molecule has 0 atom stereocenters. The first-order chi connectivity index (χ1) is 17.0. The van der Waals surface area contributed by atoms with Crippen molar-refractivity contribution in [1.82, 2.24) is 9.29 Å². The molecule has 2 aromatic carbocycles. The van der Waals surface area contributed by atoms with Gasteiger partial charge in [-0.05, 0) is 49.2 Å². The Balaban J connectivity index is 1.29. The van der Waals surface area contributed by atoms with Crippen LogP contribution in [0.3, 0.4) is 0 Å². The van der Waals surface area contributed by atoms with Gasteiger partial charge in [-0.25, -0.2) is 13.4 Å². The summed E-state index contributed by atoms with van der Waals surface area (Å²) in [4.78, 5) is 17.4. The Morgan fingerprint density at radius 3 is 2.54 bits per heavy atom. The number of amides is 1. The minimum Gasteiger partial charge on any atom is -0.493 e. The molecule has 3 heterocycles. The summed E-state index contributed by atoms with van der Waals surface area (Å²) in [6.45, 7) is 1.07. The number of anilines is 1. The molecule has 1 fully saturated rings. The summed E-state index contributed by atoms with van der Waals surface area (Å²) in [6, 6.07) is 13.6. The summed E-state index contributed by atoms with van der Waals surface area (Å²) in [5.74, 6) is 0.846. The van der Waals surface area contributed by atoms with Crippen LogP contribution in [-0.2, 0) is 10.0 Å². The smallest absolute Gasteiger partial charge is 0.257 e. The van der Waals surface area contributed by atoms with Gasteiger partial charge in [-0.1, -0.05) is 25.0 Å². The number of aromatic nitrogens is 1. The summed E-state index contributed by atoms with van der Waals surface area (Å²) >= 11 is 1.28. The van der Waals surface area contributed by atoms with Gasteiger partial charge in [-0.2, -0.15) is 4.31 Å². The van der Waals surface area contributed by atoms with E-state index in [1.54, 1.807) is 16.8 Å². The van der Waals surface area contributed by atoms with Crippen molar-refractivity contribution in [3.63, 3.8) is 0 Å². The molecule has 1 amide bonds. The third-order valence-corrected chi connectivity index (χ3v) is 8.69. The lowest BCUT2D eigenvalue weighted by Gasteiger charge is -2.20. The van der Waals surface area contributed by atoms with Gasteiger partial charge >= 0.3 is 0 Å². The Hall–Kier alpha value is -3.21. The van der Waals surface area contributed by atoms with E-state index in [1.807, 2.05) is 24.3 Å². The maximum atomic E-state index is 13.0. The number of carbonyl (C=O) groups excluding carboxylic acids is 1. The number of carbonyl (C=O) groups is 1. The number of nitrogens with one attached hydrogen (secondary N) is 1. The molecule has 0 aliphatic carbocycles. The minimum atomic E-state index is -3.56. The van der Waals surface area contributed by atoms with Gasteiger partial charge in [-0.3, -0.25) is 10.1 Å². The monoisotopic (exact) mass is 511 g/mol. The molecule has 2 aromatic heterocycles. The van der Waals surface area contributed by atoms with E-state index in [4.69, 9.17) is 9.15 Å². The molecule has 8 nitrogen and oxygen atoms in total. The fourth-order valence-corrected chi connectivity index (χ4v) is 6.36. The highest BCUT2D eigenvalue weighted by Gasteiger charge is 2.25. The first-order valence-electron chi connectivity index (χ1n) is 11.4. The van der Waals surface area contributed by atoms with Crippen molar-refractivity contribution in [1.29, 1.82) is 0 Å². The van der Waals surface area contributed by atoms with Gasteiger partial charge in [0.2, 0.25) is 10.0 Å². The second-order valence-electron chi connectivity index (χ2n) is 8.32. The molecule has 0 unspecified atom stereocenters. The number of thiazole rings is 1. The number of fused-ring (bicyclic) bond motifs is 1. The Bertz CT molecular complexity index is 1450. The fourth-order valence-electron chi connectivity index (χ4n) is 4.15. The number of methoxy groups -OCH3 is 1. The molecule has 10 heteroatoms. The highest BCUT2D eigenvalue weighted by Crippen LogP contribution is 2.34. The summed E-state index contributed by atoms with van der Waals surface area (Å²) < 4.78 is 38.7. The summed E-state index contributed by atoms with van der Waals surface area (Å²) in [5.41, 5.74) is 1.59. The van der Waals surface area contributed by atoms with Crippen LogP contribution < -0.4 is 10.1 Å². The van der Waals surface area contributed by atoms with E-state index in [2.05, 4.69) is 10.3 Å². The number of ether oxygens (including phenoxy) is 1. The molecule has 0 spiro atoms. The van der Waals surface area contributed by atoms with Gasteiger partial charge < -0.3 is 9.15 Å². The van der Waals surface area contributed by atoms with Gasteiger partial charge in [0.1, 0.15) is 5.69 Å². The molecular formula is C25H25N3O5S2. The zero-order chi connectivity index (χ0) is 24.4. The van der Waals surface area contributed by atoms with E-state index in [1.165, 1.54) is 35.6 Å². The van der Waals surface area contributed by atoms with Crippen LogP contribution in [0.1, 0.15) is 36.0 Å². The number of hydrogen-bond acceptors (Lipinski definition) is 7. The fraction of sp³-hybridized carbons (Fsp3) is 0.280. The number of hydrogen-bond donors (Lipinski definition) is 1. The third kappa shape index (κ3) is 4.82. The van der Waals surface area contributed by atoms with Crippen LogP contribution in [0.15, 0.2) is 63.2 Å². The van der Waals surface area contributed by atoms with Crippen LogP contribution in [0.4, 0.5) is 5.13 Å². The Kier molecular flexibility index (Phi) is 6.59. The summed E-state index contributed by atoms with van der Waals surface area (Å²) in [7, 11) is -1.97. The van der Waals surface area contributed by atoms with Gasteiger partial charge in [0.05, 0.1) is 12.0 Å². The van der Waals surface area contributed by atoms with Gasteiger partial charge in [0, 0.05) is 29.4 Å². The molecule has 0 saturated carbocycles. The van der Waals surface area contributed by atoms with Crippen LogP contribution in [0.5, 0.6) is 5.75 Å². The Morgan fingerprint density at radius 1 is 1.09 bits per heavy atom. The van der Waals surface area contributed by atoms with Crippen LogP contribution in [0.2, 0.25) is 0 Å². The summed E-state index contributed by atoms with van der Waals surface area (Å²) in [6.07, 6.45) is 3.84. The van der Waals surface area contributed by atoms with Crippen LogP contribution in [-0.4, -0.2) is 43.8 Å². The third-order valence-electron chi connectivity index (χ3n) is 6.02. The number of benzene rings is 2. The molecule has 182 valence electrons. The van der Waals surface area contributed by atoms with Crippen molar-refractivity contribution in [3.8, 4) is 17.2 Å². The predicted molar refractivity (Wildman–Crippen MR) is 135 cm³/mol. The van der Waals surface area contributed by atoms with Gasteiger partial charge in [0.15, 0.2) is 22.2 Å². The van der Waals surface area contributed by atoms with E-state index in [-0.39, 0.29) is 10.8 Å². The molecule has 5 rings (SSSR count). The molecule has 1 N–H and O–H groups in total. The van der Waals surface area contributed by atoms with E-state index in [0.717, 1.165) is 31.1 Å². The molecule has 0 bridgehead atoms. The van der Waals surface area contributed by atoms with Crippen molar-refractivity contribution in [2.75, 3.05) is 25.5 Å². The first kappa shape index (κ1) is 23.5.